The van der Waals surface area contributed by atoms with Crippen molar-refractivity contribution in [1.29, 1.82) is 0 Å². The molecule has 2 N–H and O–H groups in total. The van der Waals surface area contributed by atoms with E-state index < -0.39 is 6.09 Å². The first-order chi connectivity index (χ1) is 8.90. The summed E-state index contributed by atoms with van der Waals surface area (Å²) in [6.45, 7) is 7.92. The first-order valence-corrected chi connectivity index (χ1v) is 6.66. The van der Waals surface area contributed by atoms with Gasteiger partial charge >= 0.3 is 6.09 Å². The highest BCUT2D eigenvalue weighted by molar-refractivity contribution is 7.71. The molecule has 1 aromatic heterocycles. The highest BCUT2D eigenvalue weighted by Gasteiger charge is 2.14. The van der Waals surface area contributed by atoms with Crippen molar-refractivity contribution in [2.45, 2.75) is 40.5 Å². The second-order valence-electron chi connectivity index (χ2n) is 4.46. The van der Waals surface area contributed by atoms with Gasteiger partial charge in [0, 0.05) is 0 Å². The van der Waals surface area contributed by atoms with Crippen LogP contribution in [0.4, 0.5) is 10.6 Å². The molecule has 0 aliphatic heterocycles. The predicted molar refractivity (Wildman–Crippen MR) is 76.5 cm³/mol. The van der Waals surface area contributed by atoms with E-state index in [1.165, 1.54) is 0 Å². The number of amides is 1. The Balaban J connectivity index is 2.96. The van der Waals surface area contributed by atoms with Crippen molar-refractivity contribution in [1.82, 2.24) is 4.73 Å². The van der Waals surface area contributed by atoms with Gasteiger partial charge in [-0.25, -0.2) is 4.79 Å². The lowest BCUT2D eigenvalue weighted by Gasteiger charge is -2.16. The zero-order valence-electron chi connectivity index (χ0n) is 11.7. The van der Waals surface area contributed by atoms with Gasteiger partial charge in [0.15, 0.2) is 5.82 Å². The molecule has 0 spiro atoms. The fourth-order valence-electron chi connectivity index (χ4n) is 1.63. The van der Waals surface area contributed by atoms with Gasteiger partial charge in [-0.3, -0.25) is 5.32 Å². The average molecular weight is 284 g/mol. The fourth-order valence-corrected chi connectivity index (χ4v) is 1.87. The van der Waals surface area contributed by atoms with Crippen LogP contribution in [0.2, 0.25) is 0 Å². The van der Waals surface area contributed by atoms with Crippen LogP contribution in [0.25, 0.3) is 0 Å². The van der Waals surface area contributed by atoms with Crippen molar-refractivity contribution in [2.24, 2.45) is 0 Å². The number of ether oxygens (including phenoxy) is 1. The lowest BCUT2D eigenvalue weighted by atomic mass is 10.1. The predicted octanol–water partition coefficient (Wildman–Crippen LogP) is 3.73. The lowest BCUT2D eigenvalue weighted by Crippen LogP contribution is -2.20. The van der Waals surface area contributed by atoms with Gasteiger partial charge in [0.1, 0.15) is 4.64 Å². The molecule has 0 aromatic carbocycles. The highest BCUT2D eigenvalue weighted by atomic mass is 32.1. The zero-order valence-corrected chi connectivity index (χ0v) is 12.6. The van der Waals surface area contributed by atoms with Crippen LogP contribution < -0.4 is 5.32 Å². The molecule has 0 bridgehead atoms. The number of carbonyl (C=O) groups is 1. The molecule has 0 saturated carbocycles. The number of nitrogens with zero attached hydrogens (tertiary/aromatic N) is 1. The van der Waals surface area contributed by atoms with Crippen LogP contribution in [0.1, 0.15) is 36.5 Å². The van der Waals surface area contributed by atoms with Crippen molar-refractivity contribution in [3.63, 3.8) is 0 Å². The molecule has 19 heavy (non-hydrogen) atoms. The van der Waals surface area contributed by atoms with E-state index in [4.69, 9.17) is 17.0 Å². The maximum absolute atomic E-state index is 11.6. The fraction of sp³-hybridized carbons (Fsp3) is 0.538. The second kappa shape index (κ2) is 6.56. The van der Waals surface area contributed by atoms with Crippen LogP contribution in [-0.4, -0.2) is 22.6 Å². The minimum Gasteiger partial charge on any atom is -0.449 e. The van der Waals surface area contributed by atoms with Crippen LogP contribution in [0.15, 0.2) is 0 Å². The summed E-state index contributed by atoms with van der Waals surface area (Å²) < 4.78 is 6.10. The summed E-state index contributed by atoms with van der Waals surface area (Å²) in [7, 11) is 0. The van der Waals surface area contributed by atoms with E-state index in [0.717, 1.165) is 34.3 Å². The largest absolute Gasteiger partial charge is 0.449 e. The van der Waals surface area contributed by atoms with E-state index in [1.54, 1.807) is 0 Å². The Hall–Kier alpha value is -1.56. The number of rotatable bonds is 4. The molecule has 1 amide bonds. The zero-order chi connectivity index (χ0) is 14.6. The van der Waals surface area contributed by atoms with Crippen LogP contribution in [0.5, 0.6) is 0 Å². The molecule has 0 saturated heterocycles. The SMILES string of the molecule is CCCCOC(=O)Nc1c(C)c(C)c(C)c(=S)n1O. The summed E-state index contributed by atoms with van der Waals surface area (Å²) in [5, 5.41) is 12.5. The molecule has 0 unspecified atom stereocenters. The summed E-state index contributed by atoms with van der Waals surface area (Å²) in [6.07, 6.45) is 1.17. The summed E-state index contributed by atoms with van der Waals surface area (Å²) in [4.78, 5) is 11.6. The first kappa shape index (κ1) is 15.5. The molecular formula is C13H20N2O3S. The van der Waals surface area contributed by atoms with E-state index in [1.807, 2.05) is 27.7 Å². The maximum atomic E-state index is 11.6. The van der Waals surface area contributed by atoms with Crippen LogP contribution in [0, 0.1) is 25.4 Å². The molecule has 1 rings (SSSR count). The van der Waals surface area contributed by atoms with Crippen LogP contribution >= 0.6 is 12.2 Å². The maximum Gasteiger partial charge on any atom is 0.412 e. The lowest BCUT2D eigenvalue weighted by molar-refractivity contribution is 0.155. The van der Waals surface area contributed by atoms with Gasteiger partial charge in [-0.05, 0) is 43.9 Å². The van der Waals surface area contributed by atoms with Gasteiger partial charge in [0.2, 0.25) is 0 Å². The van der Waals surface area contributed by atoms with Gasteiger partial charge in [-0.2, -0.15) is 4.73 Å². The molecule has 0 aliphatic rings. The normalized spacial score (nSPS) is 10.3. The number of hydrogen-bond donors (Lipinski definition) is 2. The first-order valence-electron chi connectivity index (χ1n) is 6.26. The summed E-state index contributed by atoms with van der Waals surface area (Å²) in [5.41, 5.74) is 2.53. The van der Waals surface area contributed by atoms with Gasteiger partial charge in [-0.1, -0.05) is 25.6 Å². The summed E-state index contributed by atoms with van der Waals surface area (Å²) >= 11 is 5.11. The van der Waals surface area contributed by atoms with Crippen LogP contribution in [0.3, 0.4) is 0 Å². The van der Waals surface area contributed by atoms with Gasteiger partial charge in [0.25, 0.3) is 0 Å². The summed E-state index contributed by atoms with van der Waals surface area (Å²) in [6, 6.07) is 0. The monoisotopic (exact) mass is 284 g/mol. The molecule has 0 aliphatic carbocycles. The van der Waals surface area contributed by atoms with Crippen molar-refractivity contribution < 1.29 is 14.7 Å². The highest BCUT2D eigenvalue weighted by Crippen LogP contribution is 2.22. The third-order valence-electron chi connectivity index (χ3n) is 3.16. The number of unbranched alkanes of at least 4 members (excludes halogenated alkanes) is 1. The number of carbonyl (C=O) groups excluding carboxylic acids is 1. The molecular weight excluding hydrogens is 264 g/mol. The van der Waals surface area contributed by atoms with E-state index in [2.05, 4.69) is 5.32 Å². The number of anilines is 1. The van der Waals surface area contributed by atoms with Gasteiger partial charge < -0.3 is 9.94 Å². The van der Waals surface area contributed by atoms with Crippen molar-refractivity contribution in [2.75, 3.05) is 11.9 Å². The number of pyridine rings is 1. The number of hydrogen-bond acceptors (Lipinski definition) is 4. The number of aromatic nitrogens is 1. The standard InChI is InChI=1S/C13H20N2O3S/c1-5-6-7-18-13(16)14-11-9(3)8(2)10(4)12(19)15(11)17/h17H,5-7H2,1-4H3,(H,14,16). The van der Waals surface area contributed by atoms with E-state index >= 15 is 0 Å². The van der Waals surface area contributed by atoms with Gasteiger partial charge in [0.05, 0.1) is 6.61 Å². The molecule has 106 valence electrons. The molecule has 0 radical (unpaired) electrons. The Bertz CT molecular complexity index is 538. The summed E-state index contributed by atoms with van der Waals surface area (Å²) in [5.74, 6) is 0.259. The molecule has 6 heteroatoms. The van der Waals surface area contributed by atoms with Gasteiger partial charge in [-0.15, -0.1) is 0 Å². The Morgan fingerprint density at radius 3 is 2.53 bits per heavy atom. The van der Waals surface area contributed by atoms with Crippen molar-refractivity contribution >= 4 is 24.1 Å². The quantitative estimate of drug-likeness (QED) is 0.502. The smallest absolute Gasteiger partial charge is 0.412 e. The number of nitrogens with one attached hydrogen (secondary N) is 1. The third kappa shape index (κ3) is 3.47. The Kier molecular flexibility index (Phi) is 5.35. The molecule has 1 aromatic rings. The molecule has 0 fully saturated rings. The molecule has 5 nitrogen and oxygen atoms in total. The van der Waals surface area contributed by atoms with E-state index in [9.17, 15) is 10.0 Å². The molecule has 0 atom stereocenters. The molecule has 1 heterocycles. The Labute approximate surface area is 118 Å². The van der Waals surface area contributed by atoms with Crippen molar-refractivity contribution in [3.8, 4) is 0 Å². The second-order valence-corrected chi connectivity index (χ2v) is 4.84. The minimum atomic E-state index is -0.586. The van der Waals surface area contributed by atoms with Crippen molar-refractivity contribution in [3.05, 3.63) is 21.3 Å². The van der Waals surface area contributed by atoms with E-state index in [-0.39, 0.29) is 10.5 Å². The average Bonchev–Trinajstić information content (AvgIpc) is 2.39. The topological polar surface area (TPSA) is 63.5 Å². The third-order valence-corrected chi connectivity index (χ3v) is 3.64. The van der Waals surface area contributed by atoms with Crippen LogP contribution in [-0.2, 0) is 4.74 Å². The Morgan fingerprint density at radius 2 is 1.95 bits per heavy atom. The minimum absolute atomic E-state index is 0.259. The Morgan fingerprint density at radius 1 is 1.32 bits per heavy atom. The van der Waals surface area contributed by atoms with E-state index in [0.29, 0.717) is 6.61 Å².